The second-order valence-corrected chi connectivity index (χ2v) is 4.11. The number of aliphatic hydroxyl groups excluding tert-OH is 1. The van der Waals surface area contributed by atoms with E-state index in [0.717, 1.165) is 24.5 Å². The van der Waals surface area contributed by atoms with E-state index in [1.54, 1.807) is 0 Å². The van der Waals surface area contributed by atoms with Crippen LogP contribution >= 0.6 is 0 Å². The van der Waals surface area contributed by atoms with E-state index in [-0.39, 0.29) is 12.8 Å². The molecule has 4 N–H and O–H groups in total. The number of anilines is 2. The molecule has 0 radical (unpaired) electrons. The van der Waals surface area contributed by atoms with Gasteiger partial charge in [-0.05, 0) is 20.4 Å². The van der Waals surface area contributed by atoms with Gasteiger partial charge in [-0.25, -0.2) is 9.97 Å². The lowest BCUT2D eigenvalue weighted by molar-refractivity contribution is 0.311. The normalized spacial score (nSPS) is 12.2. The number of nitrogens with zero attached hydrogens (tertiary/aromatic N) is 2. The van der Waals surface area contributed by atoms with Crippen LogP contribution in [0.4, 0.5) is 11.6 Å². The minimum atomic E-state index is 0.0841. The molecule has 18 heavy (non-hydrogen) atoms. The van der Waals surface area contributed by atoms with Gasteiger partial charge in [-0.15, -0.1) is 0 Å². The molecule has 0 saturated carbocycles. The van der Waals surface area contributed by atoms with Gasteiger partial charge in [0.25, 0.3) is 0 Å². The summed E-state index contributed by atoms with van der Waals surface area (Å²) < 4.78 is 0. The number of aromatic nitrogens is 2. The molecule has 0 fully saturated rings. The van der Waals surface area contributed by atoms with Crippen LogP contribution in [0.15, 0.2) is 6.07 Å². The Kier molecular flexibility index (Phi) is 6.38. The van der Waals surface area contributed by atoms with E-state index < -0.39 is 0 Å². The van der Waals surface area contributed by atoms with E-state index in [2.05, 4.69) is 32.8 Å². The highest BCUT2D eigenvalue weighted by molar-refractivity contribution is 5.47. The molecule has 0 spiro atoms. The lowest BCUT2D eigenvalue weighted by Crippen LogP contribution is -2.33. The first-order valence-corrected chi connectivity index (χ1v) is 6.33. The third-order valence-electron chi connectivity index (χ3n) is 2.50. The van der Waals surface area contributed by atoms with Crippen LogP contribution in [0, 0.1) is 6.92 Å². The summed E-state index contributed by atoms with van der Waals surface area (Å²) in [6.45, 7) is 4.57. The first kappa shape index (κ1) is 14.7. The van der Waals surface area contributed by atoms with Crippen molar-refractivity contribution in [3.63, 3.8) is 0 Å². The lowest BCUT2D eigenvalue weighted by Gasteiger charge is -2.18. The summed E-state index contributed by atoms with van der Waals surface area (Å²) in [4.78, 5) is 8.60. The third kappa shape index (κ3) is 4.85. The third-order valence-corrected chi connectivity index (χ3v) is 2.50. The molecule has 1 unspecified atom stereocenters. The van der Waals surface area contributed by atoms with Crippen molar-refractivity contribution in [1.29, 1.82) is 0 Å². The minimum Gasteiger partial charge on any atom is -0.395 e. The molecule has 1 rings (SSSR count). The average Bonchev–Trinajstić information content (AvgIpc) is 2.35. The van der Waals surface area contributed by atoms with Gasteiger partial charge in [0.1, 0.15) is 17.5 Å². The van der Waals surface area contributed by atoms with Crippen LogP contribution in [0.3, 0.4) is 0 Å². The van der Waals surface area contributed by atoms with Crippen LogP contribution < -0.4 is 16.0 Å². The summed E-state index contributed by atoms with van der Waals surface area (Å²) in [6, 6.07) is 1.85. The molecular weight excluding hydrogens is 230 g/mol. The van der Waals surface area contributed by atoms with Gasteiger partial charge in [0.15, 0.2) is 0 Å². The quantitative estimate of drug-likeness (QED) is 0.516. The first-order chi connectivity index (χ1) is 8.69. The van der Waals surface area contributed by atoms with E-state index >= 15 is 0 Å². The zero-order valence-electron chi connectivity index (χ0n) is 11.3. The average molecular weight is 253 g/mol. The number of aryl methyl sites for hydroxylation is 1. The van der Waals surface area contributed by atoms with Crippen molar-refractivity contribution in [2.45, 2.75) is 32.9 Å². The summed E-state index contributed by atoms with van der Waals surface area (Å²) in [6.07, 6.45) is 2.33. The van der Waals surface area contributed by atoms with Gasteiger partial charge in [-0.3, -0.25) is 0 Å². The highest BCUT2D eigenvalue weighted by atomic mass is 16.3. The minimum absolute atomic E-state index is 0.0841. The monoisotopic (exact) mass is 253 g/mol. The maximum atomic E-state index is 8.79. The summed E-state index contributed by atoms with van der Waals surface area (Å²) in [7, 11) is 1.92. The van der Waals surface area contributed by atoms with Crippen molar-refractivity contribution >= 4 is 11.6 Å². The molecule has 6 heteroatoms. The second kappa shape index (κ2) is 7.84. The Bertz CT molecular complexity index is 358. The standard InChI is InChI=1S/C12H23N5O/c1-4-5-10(13-3)17-12-8-11(14-6-7-18)15-9(2)16-12/h8,10,13,18H,4-7H2,1-3H3,(H2,14,15,16,17). The van der Waals surface area contributed by atoms with Gasteiger partial charge >= 0.3 is 0 Å². The van der Waals surface area contributed by atoms with Gasteiger partial charge < -0.3 is 21.1 Å². The highest BCUT2D eigenvalue weighted by Crippen LogP contribution is 2.12. The molecule has 0 amide bonds. The van der Waals surface area contributed by atoms with Gasteiger partial charge in [-0.2, -0.15) is 0 Å². The van der Waals surface area contributed by atoms with Gasteiger partial charge in [0.05, 0.1) is 12.8 Å². The van der Waals surface area contributed by atoms with Crippen LogP contribution in [0.5, 0.6) is 0 Å². The van der Waals surface area contributed by atoms with Crippen molar-refractivity contribution in [2.75, 3.05) is 30.8 Å². The number of rotatable bonds is 8. The van der Waals surface area contributed by atoms with Crippen molar-refractivity contribution in [1.82, 2.24) is 15.3 Å². The molecule has 0 bridgehead atoms. The summed E-state index contributed by atoms with van der Waals surface area (Å²) in [5.74, 6) is 2.22. The Labute approximate surface area is 108 Å². The number of hydrogen-bond acceptors (Lipinski definition) is 6. The van der Waals surface area contributed by atoms with E-state index in [0.29, 0.717) is 12.4 Å². The molecule has 0 aliphatic rings. The zero-order chi connectivity index (χ0) is 13.4. The van der Waals surface area contributed by atoms with E-state index in [1.807, 2.05) is 20.0 Å². The van der Waals surface area contributed by atoms with Gasteiger partial charge in [0, 0.05) is 12.6 Å². The largest absolute Gasteiger partial charge is 0.395 e. The van der Waals surface area contributed by atoms with Crippen LogP contribution in [0.1, 0.15) is 25.6 Å². The molecule has 0 aromatic carbocycles. The molecule has 1 atom stereocenters. The maximum Gasteiger partial charge on any atom is 0.133 e. The number of hydrogen-bond donors (Lipinski definition) is 4. The zero-order valence-corrected chi connectivity index (χ0v) is 11.3. The molecular formula is C12H23N5O. The van der Waals surface area contributed by atoms with Crippen LogP contribution in [-0.2, 0) is 0 Å². The Balaban J connectivity index is 2.71. The molecule has 0 saturated heterocycles. The SMILES string of the molecule is CCCC(NC)Nc1cc(NCCO)nc(C)n1. The summed E-state index contributed by atoms with van der Waals surface area (Å²) in [5.41, 5.74) is 0. The Morgan fingerprint density at radius 3 is 2.67 bits per heavy atom. The van der Waals surface area contributed by atoms with Gasteiger partial charge in [0.2, 0.25) is 0 Å². The van der Waals surface area contributed by atoms with Crippen molar-refractivity contribution in [3.05, 3.63) is 11.9 Å². The predicted octanol–water partition coefficient (Wildman–Crippen LogP) is 0.947. The van der Waals surface area contributed by atoms with Crippen LogP contribution in [0.25, 0.3) is 0 Å². The fourth-order valence-corrected chi connectivity index (χ4v) is 1.67. The molecule has 0 aliphatic carbocycles. The smallest absolute Gasteiger partial charge is 0.133 e. The van der Waals surface area contributed by atoms with E-state index in [9.17, 15) is 0 Å². The Hall–Kier alpha value is -1.40. The summed E-state index contributed by atoms with van der Waals surface area (Å²) in [5, 5.41) is 18.3. The first-order valence-electron chi connectivity index (χ1n) is 6.33. The summed E-state index contributed by atoms with van der Waals surface area (Å²) >= 11 is 0. The molecule has 1 aromatic rings. The number of nitrogens with one attached hydrogen (secondary N) is 3. The fourth-order valence-electron chi connectivity index (χ4n) is 1.67. The molecule has 6 nitrogen and oxygen atoms in total. The predicted molar refractivity (Wildman–Crippen MR) is 73.7 cm³/mol. The molecule has 102 valence electrons. The van der Waals surface area contributed by atoms with E-state index in [4.69, 9.17) is 5.11 Å². The van der Waals surface area contributed by atoms with Crippen molar-refractivity contribution in [3.8, 4) is 0 Å². The molecule has 1 heterocycles. The number of aliphatic hydroxyl groups is 1. The lowest BCUT2D eigenvalue weighted by atomic mass is 10.2. The molecule has 0 aliphatic heterocycles. The topological polar surface area (TPSA) is 82.1 Å². The maximum absolute atomic E-state index is 8.79. The van der Waals surface area contributed by atoms with Crippen LogP contribution in [0.2, 0.25) is 0 Å². The van der Waals surface area contributed by atoms with E-state index in [1.165, 1.54) is 0 Å². The Morgan fingerprint density at radius 1 is 1.33 bits per heavy atom. The van der Waals surface area contributed by atoms with Gasteiger partial charge in [-0.1, -0.05) is 13.3 Å². The molecule has 1 aromatic heterocycles. The van der Waals surface area contributed by atoms with Crippen LogP contribution in [-0.4, -0.2) is 41.4 Å². The van der Waals surface area contributed by atoms with Crippen molar-refractivity contribution in [2.24, 2.45) is 0 Å². The Morgan fingerprint density at radius 2 is 2.06 bits per heavy atom. The second-order valence-electron chi connectivity index (χ2n) is 4.11. The fraction of sp³-hybridized carbons (Fsp3) is 0.667. The highest BCUT2D eigenvalue weighted by Gasteiger charge is 2.07. The van der Waals surface area contributed by atoms with Crippen molar-refractivity contribution < 1.29 is 5.11 Å².